The number of ether oxygens (including phenoxy) is 1. The van der Waals surface area contributed by atoms with Crippen LogP contribution in [-0.4, -0.2) is 39.2 Å². The van der Waals surface area contributed by atoms with E-state index in [1.807, 2.05) is 12.1 Å². The Morgan fingerprint density at radius 3 is 2.76 bits per heavy atom. The number of hydrogen-bond donors (Lipinski definition) is 2. The Labute approximate surface area is 199 Å². The number of hydrogen-bond acceptors (Lipinski definition) is 5. The fourth-order valence-electron chi connectivity index (χ4n) is 4.97. The van der Waals surface area contributed by atoms with E-state index in [0.717, 1.165) is 36.1 Å². The Morgan fingerprint density at radius 2 is 2.06 bits per heavy atom. The first-order valence-corrected chi connectivity index (χ1v) is 12.3. The van der Waals surface area contributed by atoms with Crippen molar-refractivity contribution >= 4 is 28.4 Å². The maximum absolute atomic E-state index is 12.8. The molecule has 3 aromatic rings. The quantitative estimate of drug-likeness (QED) is 0.541. The van der Waals surface area contributed by atoms with Gasteiger partial charge in [-0.25, -0.2) is 0 Å². The lowest BCUT2D eigenvalue weighted by molar-refractivity contribution is -0.119. The molecule has 1 aliphatic heterocycles. The first-order chi connectivity index (χ1) is 16.6. The summed E-state index contributed by atoms with van der Waals surface area (Å²) >= 11 is 0. The van der Waals surface area contributed by atoms with Crippen molar-refractivity contribution in [1.29, 1.82) is 0 Å². The van der Waals surface area contributed by atoms with E-state index in [9.17, 15) is 9.59 Å². The van der Waals surface area contributed by atoms with Crippen LogP contribution in [0.1, 0.15) is 68.4 Å². The predicted molar refractivity (Wildman–Crippen MR) is 130 cm³/mol. The van der Waals surface area contributed by atoms with Crippen molar-refractivity contribution in [2.24, 2.45) is 5.92 Å². The van der Waals surface area contributed by atoms with Crippen LogP contribution in [0.15, 0.2) is 42.7 Å². The summed E-state index contributed by atoms with van der Waals surface area (Å²) in [6.45, 7) is 2.61. The maximum Gasteiger partial charge on any atom is 0.274 e. The maximum atomic E-state index is 12.8. The van der Waals surface area contributed by atoms with Gasteiger partial charge in [0.25, 0.3) is 5.91 Å². The molecule has 2 fully saturated rings. The molecule has 8 nitrogen and oxygen atoms in total. The summed E-state index contributed by atoms with van der Waals surface area (Å²) in [5, 5.41) is 11.7. The van der Waals surface area contributed by atoms with Crippen molar-refractivity contribution in [3.63, 3.8) is 0 Å². The standard InChI is InChI=1S/C26H31N5O3/c1-2-17-6-9-20(10-7-17)31-15-18-13-23(29-26(33)21-5-3-4-12-27-21)24(14-22(18)30-31)34-16-19-8-11-25(32)28-19/h3-5,12-15,17,19-20H,2,6-11,16H2,1H3,(H,28,32)(H,29,33)/t17?,19-,20?/m0/s1. The first kappa shape index (κ1) is 22.4. The van der Waals surface area contributed by atoms with E-state index in [1.165, 1.54) is 19.3 Å². The molecule has 0 spiro atoms. The number of benzene rings is 1. The van der Waals surface area contributed by atoms with Crippen molar-refractivity contribution in [3.8, 4) is 5.75 Å². The van der Waals surface area contributed by atoms with E-state index in [2.05, 4.69) is 33.4 Å². The minimum atomic E-state index is -0.302. The molecule has 2 N–H and O–H groups in total. The van der Waals surface area contributed by atoms with Crippen LogP contribution in [0.5, 0.6) is 5.75 Å². The van der Waals surface area contributed by atoms with Crippen LogP contribution in [0.3, 0.4) is 0 Å². The number of anilines is 1. The molecule has 0 radical (unpaired) electrons. The Balaban J connectivity index is 1.40. The number of amides is 2. The lowest BCUT2D eigenvalue weighted by Crippen LogP contribution is -2.31. The molecule has 0 unspecified atom stereocenters. The van der Waals surface area contributed by atoms with Gasteiger partial charge in [0, 0.05) is 30.3 Å². The third-order valence-corrected chi connectivity index (χ3v) is 7.06. The highest BCUT2D eigenvalue weighted by Gasteiger charge is 2.24. The fourth-order valence-corrected chi connectivity index (χ4v) is 4.97. The largest absolute Gasteiger partial charge is 0.489 e. The monoisotopic (exact) mass is 461 g/mol. The van der Waals surface area contributed by atoms with Gasteiger partial charge in [0.2, 0.25) is 5.91 Å². The molecule has 5 rings (SSSR count). The topological polar surface area (TPSA) is 98.1 Å². The molecule has 2 aliphatic rings. The predicted octanol–water partition coefficient (Wildman–Crippen LogP) is 4.48. The second-order valence-electron chi connectivity index (χ2n) is 9.38. The van der Waals surface area contributed by atoms with Gasteiger partial charge in [0.1, 0.15) is 18.1 Å². The van der Waals surface area contributed by atoms with E-state index >= 15 is 0 Å². The molecule has 1 aliphatic carbocycles. The average molecular weight is 462 g/mol. The van der Waals surface area contributed by atoms with E-state index in [4.69, 9.17) is 9.84 Å². The van der Waals surface area contributed by atoms with Gasteiger partial charge in [0.15, 0.2) is 0 Å². The number of aromatic nitrogens is 3. The number of carbonyl (C=O) groups excluding carboxylic acids is 2. The summed E-state index contributed by atoms with van der Waals surface area (Å²) in [5.41, 5.74) is 1.74. The Bertz CT molecular complexity index is 1170. The molecule has 1 aromatic carbocycles. The summed E-state index contributed by atoms with van der Waals surface area (Å²) in [6.07, 6.45) is 10.9. The molecule has 1 saturated heterocycles. The summed E-state index contributed by atoms with van der Waals surface area (Å²) in [7, 11) is 0. The van der Waals surface area contributed by atoms with E-state index in [1.54, 1.807) is 24.4 Å². The Hall–Kier alpha value is -3.42. The van der Waals surface area contributed by atoms with Crippen molar-refractivity contribution in [3.05, 3.63) is 48.4 Å². The normalized spacial score (nSPS) is 22.5. The average Bonchev–Trinajstić information content (AvgIpc) is 3.48. The van der Waals surface area contributed by atoms with Crippen LogP contribution in [-0.2, 0) is 4.79 Å². The van der Waals surface area contributed by atoms with Crippen LogP contribution in [0, 0.1) is 5.92 Å². The smallest absolute Gasteiger partial charge is 0.274 e. The Kier molecular flexibility index (Phi) is 6.47. The van der Waals surface area contributed by atoms with Gasteiger partial charge in [-0.3, -0.25) is 19.3 Å². The molecule has 1 saturated carbocycles. The van der Waals surface area contributed by atoms with E-state index < -0.39 is 0 Å². The van der Waals surface area contributed by atoms with Crippen LogP contribution in [0.25, 0.3) is 10.9 Å². The zero-order chi connectivity index (χ0) is 23.5. The van der Waals surface area contributed by atoms with Gasteiger partial charge in [-0.05, 0) is 56.2 Å². The molecule has 2 aromatic heterocycles. The first-order valence-electron chi connectivity index (χ1n) is 12.3. The minimum Gasteiger partial charge on any atom is -0.489 e. The number of fused-ring (bicyclic) bond motifs is 1. The number of nitrogens with one attached hydrogen (secondary N) is 2. The third-order valence-electron chi connectivity index (χ3n) is 7.06. The van der Waals surface area contributed by atoms with Crippen LogP contribution in [0.4, 0.5) is 5.69 Å². The zero-order valence-corrected chi connectivity index (χ0v) is 19.5. The number of carbonyl (C=O) groups is 2. The molecule has 0 bridgehead atoms. The van der Waals surface area contributed by atoms with Gasteiger partial charge in [-0.15, -0.1) is 0 Å². The summed E-state index contributed by atoms with van der Waals surface area (Å²) in [4.78, 5) is 28.5. The van der Waals surface area contributed by atoms with E-state index in [0.29, 0.717) is 36.2 Å². The SMILES string of the molecule is CCC1CCC(n2cc3cc(NC(=O)c4ccccn4)c(OC[C@@H]4CCC(=O)N4)cc3n2)CC1. The third kappa shape index (κ3) is 4.90. The highest BCUT2D eigenvalue weighted by molar-refractivity contribution is 6.05. The number of nitrogens with zero attached hydrogens (tertiary/aromatic N) is 3. The van der Waals surface area contributed by atoms with Gasteiger partial charge < -0.3 is 15.4 Å². The van der Waals surface area contributed by atoms with Crippen molar-refractivity contribution < 1.29 is 14.3 Å². The molecule has 34 heavy (non-hydrogen) atoms. The summed E-state index contributed by atoms with van der Waals surface area (Å²) < 4.78 is 8.18. The van der Waals surface area contributed by atoms with Crippen LogP contribution >= 0.6 is 0 Å². The number of pyridine rings is 1. The van der Waals surface area contributed by atoms with Crippen molar-refractivity contribution in [2.75, 3.05) is 11.9 Å². The van der Waals surface area contributed by atoms with Crippen LogP contribution < -0.4 is 15.4 Å². The molecule has 178 valence electrons. The molecule has 2 amide bonds. The van der Waals surface area contributed by atoms with E-state index in [-0.39, 0.29) is 17.9 Å². The Morgan fingerprint density at radius 1 is 1.21 bits per heavy atom. The second-order valence-corrected chi connectivity index (χ2v) is 9.38. The fraction of sp³-hybridized carbons (Fsp3) is 0.462. The highest BCUT2D eigenvalue weighted by Crippen LogP contribution is 2.36. The lowest BCUT2D eigenvalue weighted by atomic mass is 9.85. The van der Waals surface area contributed by atoms with Gasteiger partial charge in [-0.1, -0.05) is 19.4 Å². The molecule has 1 atom stereocenters. The van der Waals surface area contributed by atoms with Crippen molar-refractivity contribution in [2.45, 2.75) is 64.0 Å². The van der Waals surface area contributed by atoms with Crippen molar-refractivity contribution in [1.82, 2.24) is 20.1 Å². The zero-order valence-electron chi connectivity index (χ0n) is 19.5. The summed E-state index contributed by atoms with van der Waals surface area (Å²) in [5.74, 6) is 1.11. The molecular formula is C26H31N5O3. The molecule has 8 heteroatoms. The van der Waals surface area contributed by atoms with Gasteiger partial charge in [-0.2, -0.15) is 5.10 Å². The van der Waals surface area contributed by atoms with Gasteiger partial charge in [0.05, 0.1) is 23.3 Å². The molecular weight excluding hydrogens is 430 g/mol. The molecule has 3 heterocycles. The lowest BCUT2D eigenvalue weighted by Gasteiger charge is -2.27. The van der Waals surface area contributed by atoms with Gasteiger partial charge >= 0.3 is 0 Å². The second kappa shape index (κ2) is 9.83. The van der Waals surface area contributed by atoms with Crippen LogP contribution in [0.2, 0.25) is 0 Å². The highest BCUT2D eigenvalue weighted by atomic mass is 16.5. The minimum absolute atomic E-state index is 0.0335. The summed E-state index contributed by atoms with van der Waals surface area (Å²) in [6, 6.07) is 9.40. The number of rotatable bonds is 7.